The van der Waals surface area contributed by atoms with Crippen molar-refractivity contribution in [3.8, 4) is 23.2 Å². The van der Waals surface area contributed by atoms with E-state index in [1.54, 1.807) is 18.9 Å². The van der Waals surface area contributed by atoms with Crippen molar-refractivity contribution < 1.29 is 9.47 Å². The third kappa shape index (κ3) is 4.44. The summed E-state index contributed by atoms with van der Waals surface area (Å²) in [5, 5.41) is 19.1. The maximum absolute atomic E-state index is 9.34. The number of nitrogens with zero attached hydrogens (tertiary/aromatic N) is 4. The summed E-state index contributed by atoms with van der Waals surface area (Å²) >= 11 is 1.59. The first kappa shape index (κ1) is 19.5. The normalized spacial score (nSPS) is 15.9. The quantitative estimate of drug-likeness (QED) is 0.545. The SMILES string of the molecule is COc1ccc(-c2nnc(SCc3ccccc3C#N)n2CC2CCCO2)cc1. The van der Waals surface area contributed by atoms with Crippen molar-refractivity contribution in [2.24, 2.45) is 0 Å². The molecule has 148 valence electrons. The Kier molecular flexibility index (Phi) is 6.13. The lowest BCUT2D eigenvalue weighted by Crippen LogP contribution is -2.16. The van der Waals surface area contributed by atoms with Gasteiger partial charge in [0, 0.05) is 17.9 Å². The Labute approximate surface area is 174 Å². The van der Waals surface area contributed by atoms with Crippen LogP contribution in [-0.4, -0.2) is 34.6 Å². The summed E-state index contributed by atoms with van der Waals surface area (Å²) in [7, 11) is 1.66. The molecule has 0 bridgehead atoms. The van der Waals surface area contributed by atoms with Crippen LogP contribution in [0.2, 0.25) is 0 Å². The molecule has 4 rings (SSSR count). The van der Waals surface area contributed by atoms with Crippen LogP contribution in [0.3, 0.4) is 0 Å². The number of aromatic nitrogens is 3. The van der Waals surface area contributed by atoms with Gasteiger partial charge in [-0.05, 0) is 48.7 Å². The fourth-order valence-electron chi connectivity index (χ4n) is 3.40. The van der Waals surface area contributed by atoms with Crippen molar-refractivity contribution in [2.45, 2.75) is 36.4 Å². The first-order chi connectivity index (χ1) is 14.3. The van der Waals surface area contributed by atoms with Gasteiger partial charge in [-0.2, -0.15) is 5.26 Å². The van der Waals surface area contributed by atoms with Gasteiger partial charge in [0.15, 0.2) is 11.0 Å². The van der Waals surface area contributed by atoms with E-state index in [0.29, 0.717) is 11.3 Å². The molecule has 0 spiro atoms. The van der Waals surface area contributed by atoms with Crippen LogP contribution in [0.1, 0.15) is 24.0 Å². The third-order valence-corrected chi connectivity index (χ3v) is 5.99. The topological polar surface area (TPSA) is 73.0 Å². The Morgan fingerprint density at radius 2 is 2.03 bits per heavy atom. The van der Waals surface area contributed by atoms with E-state index in [1.807, 2.05) is 48.5 Å². The zero-order valence-electron chi connectivity index (χ0n) is 16.2. The maximum Gasteiger partial charge on any atom is 0.191 e. The monoisotopic (exact) mass is 406 g/mol. The van der Waals surface area contributed by atoms with Gasteiger partial charge in [0.2, 0.25) is 0 Å². The second-order valence-corrected chi connectivity index (χ2v) is 7.78. The zero-order valence-corrected chi connectivity index (χ0v) is 17.1. The molecule has 1 aliphatic rings. The molecule has 6 nitrogen and oxygen atoms in total. The standard InChI is InChI=1S/C22H22N4O2S/c1-27-19-10-8-16(9-11-19)21-24-25-22(26(21)14-20-7-4-12-28-20)29-15-18-6-3-2-5-17(18)13-23/h2-3,5-6,8-11,20H,4,7,12,14-15H2,1H3. The largest absolute Gasteiger partial charge is 0.497 e. The molecule has 0 amide bonds. The van der Waals surface area contributed by atoms with Gasteiger partial charge in [0.25, 0.3) is 0 Å². The Balaban J connectivity index is 1.62. The van der Waals surface area contributed by atoms with E-state index < -0.39 is 0 Å². The van der Waals surface area contributed by atoms with E-state index in [0.717, 1.165) is 53.9 Å². The van der Waals surface area contributed by atoms with Gasteiger partial charge in [0.05, 0.1) is 31.4 Å². The van der Waals surface area contributed by atoms with Crippen LogP contribution in [0.4, 0.5) is 0 Å². The van der Waals surface area contributed by atoms with E-state index in [1.165, 1.54) is 0 Å². The fraction of sp³-hybridized carbons (Fsp3) is 0.318. The number of rotatable bonds is 7. The summed E-state index contributed by atoms with van der Waals surface area (Å²) in [6.45, 7) is 1.53. The molecule has 0 N–H and O–H groups in total. The molecule has 0 saturated carbocycles. The summed E-state index contributed by atoms with van der Waals surface area (Å²) < 4.78 is 13.3. The van der Waals surface area contributed by atoms with Crippen LogP contribution >= 0.6 is 11.8 Å². The number of benzene rings is 2. The molecule has 2 aromatic carbocycles. The highest BCUT2D eigenvalue weighted by Gasteiger charge is 2.22. The minimum Gasteiger partial charge on any atom is -0.497 e. The molecule has 1 aromatic heterocycles. The average molecular weight is 407 g/mol. The number of nitriles is 1. The molecule has 1 saturated heterocycles. The van der Waals surface area contributed by atoms with Gasteiger partial charge in [-0.25, -0.2) is 0 Å². The van der Waals surface area contributed by atoms with Crippen molar-refractivity contribution in [3.63, 3.8) is 0 Å². The Morgan fingerprint density at radius 3 is 2.76 bits per heavy atom. The predicted octanol–water partition coefficient (Wildman–Crippen LogP) is 4.30. The lowest BCUT2D eigenvalue weighted by atomic mass is 10.1. The molecule has 1 unspecified atom stereocenters. The van der Waals surface area contributed by atoms with Gasteiger partial charge in [-0.3, -0.25) is 4.57 Å². The average Bonchev–Trinajstić information content (AvgIpc) is 3.43. The molecule has 1 aliphatic heterocycles. The summed E-state index contributed by atoms with van der Waals surface area (Å²) in [6, 6.07) is 17.8. The molecule has 7 heteroatoms. The van der Waals surface area contributed by atoms with Crippen molar-refractivity contribution in [1.29, 1.82) is 5.26 Å². The third-order valence-electron chi connectivity index (χ3n) is 4.97. The van der Waals surface area contributed by atoms with E-state index in [2.05, 4.69) is 20.8 Å². The molecule has 1 atom stereocenters. The molecule has 3 aromatic rings. The zero-order chi connectivity index (χ0) is 20.1. The van der Waals surface area contributed by atoms with E-state index >= 15 is 0 Å². The van der Waals surface area contributed by atoms with Crippen LogP contribution in [0.5, 0.6) is 5.75 Å². The number of hydrogen-bond acceptors (Lipinski definition) is 6. The second-order valence-electron chi connectivity index (χ2n) is 6.84. The molecular weight excluding hydrogens is 384 g/mol. The van der Waals surface area contributed by atoms with Gasteiger partial charge in [-0.15, -0.1) is 10.2 Å². The number of methoxy groups -OCH3 is 1. The minimum absolute atomic E-state index is 0.175. The summed E-state index contributed by atoms with van der Waals surface area (Å²) in [5.74, 6) is 2.29. The predicted molar refractivity (Wildman–Crippen MR) is 112 cm³/mol. The van der Waals surface area contributed by atoms with E-state index in [-0.39, 0.29) is 6.10 Å². The summed E-state index contributed by atoms with van der Waals surface area (Å²) in [5.41, 5.74) is 2.68. The number of hydrogen-bond donors (Lipinski definition) is 0. The number of ether oxygens (including phenoxy) is 2. The van der Waals surface area contributed by atoms with E-state index in [9.17, 15) is 5.26 Å². The van der Waals surface area contributed by atoms with Crippen LogP contribution in [0.15, 0.2) is 53.7 Å². The van der Waals surface area contributed by atoms with Crippen molar-refractivity contribution in [3.05, 3.63) is 59.7 Å². The molecular formula is C22H22N4O2S. The fourth-order valence-corrected chi connectivity index (χ4v) is 4.35. The Bertz CT molecular complexity index is 1000. The lowest BCUT2D eigenvalue weighted by molar-refractivity contribution is 0.0953. The highest BCUT2D eigenvalue weighted by atomic mass is 32.2. The second kappa shape index (κ2) is 9.12. The molecule has 0 radical (unpaired) electrons. The van der Waals surface area contributed by atoms with Crippen LogP contribution < -0.4 is 4.74 Å². The smallest absolute Gasteiger partial charge is 0.191 e. The molecule has 29 heavy (non-hydrogen) atoms. The number of thioether (sulfide) groups is 1. The van der Waals surface area contributed by atoms with Crippen molar-refractivity contribution in [1.82, 2.24) is 14.8 Å². The van der Waals surface area contributed by atoms with Crippen molar-refractivity contribution in [2.75, 3.05) is 13.7 Å². The Hall–Kier alpha value is -2.82. The molecule has 2 heterocycles. The maximum atomic E-state index is 9.34. The van der Waals surface area contributed by atoms with Crippen LogP contribution in [-0.2, 0) is 17.0 Å². The van der Waals surface area contributed by atoms with Crippen molar-refractivity contribution >= 4 is 11.8 Å². The summed E-state index contributed by atoms with van der Waals surface area (Å²) in [6.07, 6.45) is 2.30. The van der Waals surface area contributed by atoms with Gasteiger partial charge in [0.1, 0.15) is 5.75 Å². The van der Waals surface area contributed by atoms with Gasteiger partial charge < -0.3 is 9.47 Å². The first-order valence-corrected chi connectivity index (χ1v) is 10.6. The minimum atomic E-state index is 0.175. The highest BCUT2D eigenvalue weighted by Crippen LogP contribution is 2.29. The Morgan fingerprint density at radius 1 is 1.21 bits per heavy atom. The first-order valence-electron chi connectivity index (χ1n) is 9.58. The molecule has 1 fully saturated rings. The van der Waals surface area contributed by atoms with Crippen LogP contribution in [0, 0.1) is 11.3 Å². The highest BCUT2D eigenvalue weighted by molar-refractivity contribution is 7.98. The summed E-state index contributed by atoms with van der Waals surface area (Å²) in [4.78, 5) is 0. The van der Waals surface area contributed by atoms with E-state index in [4.69, 9.17) is 9.47 Å². The van der Waals surface area contributed by atoms with Gasteiger partial charge in [-0.1, -0.05) is 30.0 Å². The molecule has 0 aliphatic carbocycles. The lowest BCUT2D eigenvalue weighted by Gasteiger charge is -2.15. The van der Waals surface area contributed by atoms with Gasteiger partial charge >= 0.3 is 0 Å². The van der Waals surface area contributed by atoms with Crippen LogP contribution in [0.25, 0.3) is 11.4 Å².